The Morgan fingerprint density at radius 3 is 2.55 bits per heavy atom. The number of anilines is 1. The van der Waals surface area contributed by atoms with Crippen LogP contribution in [0.1, 0.15) is 40.6 Å². The average molecular weight is 421 g/mol. The third kappa shape index (κ3) is 4.76. The topological polar surface area (TPSA) is 123 Å². The van der Waals surface area contributed by atoms with Gasteiger partial charge in [-0.1, -0.05) is 0 Å². The lowest BCUT2D eigenvalue weighted by Gasteiger charge is -2.21. The van der Waals surface area contributed by atoms with Gasteiger partial charge < -0.3 is 25.4 Å². The van der Waals surface area contributed by atoms with Crippen molar-refractivity contribution in [1.82, 2.24) is 10.6 Å². The number of aryl methyl sites for hydroxylation is 1. The molecule has 0 radical (unpaired) electrons. The Balaban J connectivity index is 1.76. The molecule has 1 aliphatic carbocycles. The van der Waals surface area contributed by atoms with Crippen LogP contribution in [-0.2, 0) is 19.1 Å². The van der Waals surface area contributed by atoms with Gasteiger partial charge in [0.15, 0.2) is 0 Å². The van der Waals surface area contributed by atoms with E-state index in [0.29, 0.717) is 10.6 Å². The SMILES string of the molecule is CCOC(=O)C1=C(COC(=O)c2c(NC(=O)C3CC3)sc(C)c2C)NC(=O)NC1. The number of ether oxygens (including phenoxy) is 2. The van der Waals surface area contributed by atoms with Crippen molar-refractivity contribution in [1.29, 1.82) is 0 Å². The van der Waals surface area contributed by atoms with Crippen molar-refractivity contribution < 1.29 is 28.7 Å². The number of hydrogen-bond donors (Lipinski definition) is 3. The molecule has 3 amide bonds. The van der Waals surface area contributed by atoms with E-state index in [0.717, 1.165) is 23.3 Å². The number of carbonyl (C=O) groups excluding carboxylic acids is 4. The van der Waals surface area contributed by atoms with E-state index in [1.807, 2.05) is 6.92 Å². The highest BCUT2D eigenvalue weighted by atomic mass is 32.1. The Labute approximate surface area is 171 Å². The van der Waals surface area contributed by atoms with E-state index in [4.69, 9.17) is 9.47 Å². The number of amides is 3. The minimum absolute atomic E-state index is 0.00354. The van der Waals surface area contributed by atoms with Crippen molar-refractivity contribution in [3.05, 3.63) is 27.3 Å². The van der Waals surface area contributed by atoms with Crippen molar-refractivity contribution in [3.63, 3.8) is 0 Å². The molecule has 29 heavy (non-hydrogen) atoms. The fourth-order valence-corrected chi connectivity index (χ4v) is 3.85. The Bertz CT molecular complexity index is 900. The molecule has 0 spiro atoms. The molecule has 2 aliphatic rings. The predicted molar refractivity (Wildman–Crippen MR) is 106 cm³/mol. The van der Waals surface area contributed by atoms with Crippen molar-refractivity contribution in [3.8, 4) is 0 Å². The summed E-state index contributed by atoms with van der Waals surface area (Å²) in [6, 6.07) is -0.496. The quantitative estimate of drug-likeness (QED) is 0.579. The zero-order valence-electron chi connectivity index (χ0n) is 16.5. The summed E-state index contributed by atoms with van der Waals surface area (Å²) < 4.78 is 10.4. The minimum atomic E-state index is -0.638. The van der Waals surface area contributed by atoms with Crippen LogP contribution in [0.2, 0.25) is 0 Å². The van der Waals surface area contributed by atoms with Crippen LogP contribution in [0.3, 0.4) is 0 Å². The first-order valence-electron chi connectivity index (χ1n) is 9.33. The zero-order valence-corrected chi connectivity index (χ0v) is 17.3. The summed E-state index contributed by atoms with van der Waals surface area (Å²) >= 11 is 1.32. The van der Waals surface area contributed by atoms with Crippen LogP contribution in [0, 0.1) is 19.8 Å². The van der Waals surface area contributed by atoms with E-state index >= 15 is 0 Å². The summed E-state index contributed by atoms with van der Waals surface area (Å²) in [4.78, 5) is 49.5. The smallest absolute Gasteiger partial charge is 0.341 e. The molecule has 9 nitrogen and oxygen atoms in total. The van der Waals surface area contributed by atoms with E-state index in [1.54, 1.807) is 13.8 Å². The molecule has 10 heteroatoms. The Hall–Kier alpha value is -2.88. The normalized spacial score (nSPS) is 16.0. The van der Waals surface area contributed by atoms with Crippen LogP contribution < -0.4 is 16.0 Å². The van der Waals surface area contributed by atoms with Crippen molar-refractivity contribution in [2.45, 2.75) is 33.6 Å². The first-order chi connectivity index (χ1) is 13.8. The monoisotopic (exact) mass is 421 g/mol. The molecular formula is C19H23N3O6S. The second-order valence-corrected chi connectivity index (χ2v) is 8.04. The lowest BCUT2D eigenvalue weighted by molar-refractivity contribution is -0.138. The second-order valence-electron chi connectivity index (χ2n) is 6.81. The fourth-order valence-electron chi connectivity index (χ4n) is 2.80. The van der Waals surface area contributed by atoms with Gasteiger partial charge in [0.1, 0.15) is 11.6 Å². The van der Waals surface area contributed by atoms with Crippen LogP contribution in [0.5, 0.6) is 0 Å². The Morgan fingerprint density at radius 2 is 1.90 bits per heavy atom. The maximum atomic E-state index is 12.8. The number of hydrogen-bond acceptors (Lipinski definition) is 7. The number of carbonyl (C=O) groups is 4. The molecular weight excluding hydrogens is 398 g/mol. The van der Waals surface area contributed by atoms with E-state index in [-0.39, 0.29) is 42.9 Å². The molecule has 3 N–H and O–H groups in total. The lowest BCUT2D eigenvalue weighted by atomic mass is 10.1. The van der Waals surface area contributed by atoms with Gasteiger partial charge in [-0.15, -0.1) is 11.3 Å². The number of esters is 2. The molecule has 0 atom stereocenters. The number of rotatable bonds is 7. The molecule has 1 aliphatic heterocycles. The van der Waals surface area contributed by atoms with Crippen molar-refractivity contribution in [2.75, 3.05) is 25.1 Å². The van der Waals surface area contributed by atoms with Crippen molar-refractivity contribution in [2.24, 2.45) is 5.92 Å². The second kappa shape index (κ2) is 8.64. The number of nitrogens with one attached hydrogen (secondary N) is 3. The molecule has 2 heterocycles. The Morgan fingerprint density at radius 1 is 1.17 bits per heavy atom. The van der Waals surface area contributed by atoms with Gasteiger partial charge in [-0.25, -0.2) is 14.4 Å². The zero-order chi connectivity index (χ0) is 21.1. The highest BCUT2D eigenvalue weighted by molar-refractivity contribution is 7.16. The van der Waals surface area contributed by atoms with E-state index in [1.165, 1.54) is 11.3 Å². The summed E-state index contributed by atoms with van der Waals surface area (Å²) in [5, 5.41) is 8.24. The lowest BCUT2D eigenvalue weighted by Crippen LogP contribution is -2.45. The third-order valence-electron chi connectivity index (χ3n) is 4.70. The molecule has 0 saturated heterocycles. The third-order valence-corrected chi connectivity index (χ3v) is 5.82. The molecule has 0 aromatic carbocycles. The van der Waals surface area contributed by atoms with Crippen LogP contribution >= 0.6 is 11.3 Å². The van der Waals surface area contributed by atoms with Crippen LogP contribution in [0.15, 0.2) is 11.3 Å². The molecule has 1 saturated carbocycles. The molecule has 0 bridgehead atoms. The molecule has 1 aromatic rings. The van der Waals surface area contributed by atoms with Gasteiger partial charge in [-0.3, -0.25) is 4.79 Å². The van der Waals surface area contributed by atoms with Gasteiger partial charge in [0, 0.05) is 10.8 Å². The van der Waals surface area contributed by atoms with Gasteiger partial charge in [-0.2, -0.15) is 0 Å². The van der Waals surface area contributed by atoms with Gasteiger partial charge in [-0.05, 0) is 39.2 Å². The van der Waals surface area contributed by atoms with Crippen LogP contribution in [0.4, 0.5) is 9.80 Å². The molecule has 1 aromatic heterocycles. The first kappa shape index (κ1) is 20.8. The van der Waals surface area contributed by atoms with Crippen LogP contribution in [-0.4, -0.2) is 43.6 Å². The maximum Gasteiger partial charge on any atom is 0.341 e. The standard InChI is InChI=1S/C19H23N3O6S/c1-4-27-17(24)12-7-20-19(26)21-13(12)8-28-18(25)14-9(2)10(3)29-16(14)22-15(23)11-5-6-11/h11H,4-8H2,1-3H3,(H,22,23)(H2,20,21,26). The summed E-state index contributed by atoms with van der Waals surface area (Å²) in [6.45, 7) is 5.18. The van der Waals surface area contributed by atoms with E-state index < -0.39 is 18.0 Å². The van der Waals surface area contributed by atoms with Crippen molar-refractivity contribution >= 4 is 40.2 Å². The number of thiophene rings is 1. The highest BCUT2D eigenvalue weighted by Gasteiger charge is 2.32. The van der Waals surface area contributed by atoms with E-state index in [2.05, 4.69) is 16.0 Å². The maximum absolute atomic E-state index is 12.8. The van der Waals surface area contributed by atoms with Crippen LogP contribution in [0.25, 0.3) is 0 Å². The summed E-state index contributed by atoms with van der Waals surface area (Å²) in [7, 11) is 0. The number of urea groups is 1. The fraction of sp³-hybridized carbons (Fsp3) is 0.474. The molecule has 0 unspecified atom stereocenters. The van der Waals surface area contributed by atoms with Gasteiger partial charge in [0.05, 0.1) is 30.0 Å². The largest absolute Gasteiger partial charge is 0.463 e. The molecule has 156 valence electrons. The van der Waals surface area contributed by atoms with Gasteiger partial charge >= 0.3 is 18.0 Å². The summed E-state index contributed by atoms with van der Waals surface area (Å²) in [6.07, 6.45) is 1.71. The predicted octanol–water partition coefficient (Wildman–Crippen LogP) is 2.00. The molecule has 1 fully saturated rings. The van der Waals surface area contributed by atoms with E-state index in [9.17, 15) is 19.2 Å². The minimum Gasteiger partial charge on any atom is -0.463 e. The Kier molecular flexibility index (Phi) is 6.21. The highest BCUT2D eigenvalue weighted by Crippen LogP contribution is 2.36. The summed E-state index contributed by atoms with van der Waals surface area (Å²) in [5.74, 6) is -1.32. The first-order valence-corrected chi connectivity index (χ1v) is 10.1. The van der Waals surface area contributed by atoms with Gasteiger partial charge in [0.25, 0.3) is 0 Å². The molecule has 3 rings (SSSR count). The average Bonchev–Trinajstić information content (AvgIpc) is 3.48. The summed E-state index contributed by atoms with van der Waals surface area (Å²) in [5.41, 5.74) is 1.38. The van der Waals surface area contributed by atoms with Gasteiger partial charge in [0.2, 0.25) is 5.91 Å².